The van der Waals surface area contributed by atoms with E-state index < -0.39 is 6.61 Å². The van der Waals surface area contributed by atoms with Gasteiger partial charge in [0, 0.05) is 22.3 Å². The average Bonchev–Trinajstić information content (AvgIpc) is 2.47. The van der Waals surface area contributed by atoms with Crippen LogP contribution in [0.5, 0.6) is 5.75 Å². The second-order valence-corrected chi connectivity index (χ2v) is 5.09. The second-order valence-electron chi connectivity index (χ2n) is 4.18. The first kappa shape index (κ1) is 15.3. The van der Waals surface area contributed by atoms with Crippen LogP contribution in [0.25, 0.3) is 0 Å². The van der Waals surface area contributed by atoms with E-state index in [1.165, 1.54) is 6.07 Å². The van der Waals surface area contributed by atoms with E-state index in [1.54, 1.807) is 36.4 Å². The number of anilines is 1. The molecule has 0 heterocycles. The Balaban J connectivity index is 2.15. The Labute approximate surface area is 129 Å². The summed E-state index contributed by atoms with van der Waals surface area (Å²) in [5, 5.41) is 11.9. The van der Waals surface area contributed by atoms with Crippen molar-refractivity contribution in [3.05, 3.63) is 58.1 Å². The number of nitrogens with one attached hydrogen (secondary N) is 1. The number of alkyl halides is 2. The first-order valence-corrected chi connectivity index (χ1v) is 6.85. The van der Waals surface area contributed by atoms with Crippen molar-refractivity contribution in [2.24, 2.45) is 0 Å². The fourth-order valence-electron chi connectivity index (χ4n) is 1.79. The van der Waals surface area contributed by atoms with Crippen LogP contribution >= 0.6 is 15.9 Å². The highest BCUT2D eigenvalue weighted by Gasteiger charge is 2.10. The van der Waals surface area contributed by atoms with Gasteiger partial charge >= 0.3 is 6.61 Å². The molecule has 0 amide bonds. The number of rotatable bonds is 5. The van der Waals surface area contributed by atoms with Gasteiger partial charge in [-0.15, -0.1) is 0 Å². The molecule has 0 atom stereocenters. The van der Waals surface area contributed by atoms with Crippen molar-refractivity contribution in [1.29, 1.82) is 5.26 Å². The molecule has 0 saturated carbocycles. The van der Waals surface area contributed by atoms with Gasteiger partial charge in [-0.05, 0) is 36.4 Å². The topological polar surface area (TPSA) is 45.0 Å². The number of nitriles is 1. The molecule has 3 nitrogen and oxygen atoms in total. The van der Waals surface area contributed by atoms with Gasteiger partial charge in [0.25, 0.3) is 0 Å². The lowest BCUT2D eigenvalue weighted by Gasteiger charge is -2.13. The molecule has 1 N–H and O–H groups in total. The molecule has 0 aromatic heterocycles. The summed E-state index contributed by atoms with van der Waals surface area (Å²) in [4.78, 5) is 0. The summed E-state index contributed by atoms with van der Waals surface area (Å²) < 4.78 is 30.0. The van der Waals surface area contributed by atoms with E-state index in [-0.39, 0.29) is 5.75 Å². The van der Waals surface area contributed by atoms with Gasteiger partial charge in [0.05, 0.1) is 11.6 Å². The van der Waals surface area contributed by atoms with Gasteiger partial charge in [-0.25, -0.2) is 0 Å². The zero-order chi connectivity index (χ0) is 15.2. The van der Waals surface area contributed by atoms with Gasteiger partial charge in [0.1, 0.15) is 5.75 Å². The number of benzene rings is 2. The van der Waals surface area contributed by atoms with E-state index >= 15 is 0 Å². The molecule has 6 heteroatoms. The van der Waals surface area contributed by atoms with E-state index in [2.05, 4.69) is 26.0 Å². The van der Waals surface area contributed by atoms with Crippen molar-refractivity contribution >= 4 is 21.6 Å². The average molecular weight is 353 g/mol. The lowest BCUT2D eigenvalue weighted by molar-refractivity contribution is -0.0504. The number of nitrogens with zero attached hydrogens (tertiary/aromatic N) is 1. The van der Waals surface area contributed by atoms with Gasteiger partial charge in [0.15, 0.2) is 0 Å². The molecular weight excluding hydrogens is 342 g/mol. The lowest BCUT2D eigenvalue weighted by atomic mass is 10.2. The molecule has 21 heavy (non-hydrogen) atoms. The number of hydrogen-bond donors (Lipinski definition) is 1. The van der Waals surface area contributed by atoms with Crippen molar-refractivity contribution in [1.82, 2.24) is 0 Å². The van der Waals surface area contributed by atoms with Crippen LogP contribution in [0.3, 0.4) is 0 Å². The minimum absolute atomic E-state index is 0.122. The van der Waals surface area contributed by atoms with Crippen LogP contribution in [0.4, 0.5) is 14.5 Å². The van der Waals surface area contributed by atoms with Crippen molar-refractivity contribution in [2.75, 3.05) is 5.32 Å². The Hall–Kier alpha value is -2.13. The van der Waals surface area contributed by atoms with E-state index in [4.69, 9.17) is 5.26 Å². The van der Waals surface area contributed by atoms with Crippen molar-refractivity contribution in [3.63, 3.8) is 0 Å². The van der Waals surface area contributed by atoms with Crippen molar-refractivity contribution in [3.8, 4) is 11.8 Å². The Kier molecular flexibility index (Phi) is 5.12. The normalized spacial score (nSPS) is 10.2. The summed E-state index contributed by atoms with van der Waals surface area (Å²) in [6.07, 6.45) is 0. The lowest BCUT2D eigenvalue weighted by Crippen LogP contribution is -2.07. The fraction of sp³-hybridized carbons (Fsp3) is 0.133. The van der Waals surface area contributed by atoms with Gasteiger partial charge in [0.2, 0.25) is 0 Å². The highest BCUT2D eigenvalue weighted by Crippen LogP contribution is 2.25. The van der Waals surface area contributed by atoms with E-state index in [9.17, 15) is 8.78 Å². The number of halogens is 3. The van der Waals surface area contributed by atoms with E-state index in [0.717, 1.165) is 10.2 Å². The predicted molar refractivity (Wildman–Crippen MR) is 79.3 cm³/mol. The minimum Gasteiger partial charge on any atom is -0.434 e. The third-order valence-electron chi connectivity index (χ3n) is 2.71. The van der Waals surface area contributed by atoms with Gasteiger partial charge < -0.3 is 10.1 Å². The third-order valence-corrected chi connectivity index (χ3v) is 3.21. The van der Waals surface area contributed by atoms with Crippen LogP contribution in [0, 0.1) is 11.3 Å². The van der Waals surface area contributed by atoms with Crippen LogP contribution < -0.4 is 10.1 Å². The highest BCUT2D eigenvalue weighted by atomic mass is 79.9. The molecule has 2 rings (SSSR count). The third kappa shape index (κ3) is 4.43. The van der Waals surface area contributed by atoms with E-state index in [1.807, 2.05) is 6.07 Å². The van der Waals surface area contributed by atoms with Crippen LogP contribution in [0.2, 0.25) is 0 Å². The monoisotopic (exact) mass is 352 g/mol. The molecule has 0 saturated heterocycles. The molecule has 2 aromatic rings. The summed E-state index contributed by atoms with van der Waals surface area (Å²) >= 11 is 3.30. The molecule has 0 radical (unpaired) electrons. The molecule has 2 aromatic carbocycles. The van der Waals surface area contributed by atoms with Crippen LogP contribution in [0.1, 0.15) is 11.1 Å². The molecule has 0 aliphatic carbocycles. The summed E-state index contributed by atoms with van der Waals surface area (Å²) in [6, 6.07) is 13.8. The summed E-state index contributed by atoms with van der Waals surface area (Å²) in [6.45, 7) is -2.57. The first-order valence-electron chi connectivity index (χ1n) is 6.06. The predicted octanol–water partition coefficient (Wildman–Crippen LogP) is 4.53. The van der Waals surface area contributed by atoms with Gasteiger partial charge in [-0.3, -0.25) is 0 Å². The molecule has 0 unspecified atom stereocenters. The minimum atomic E-state index is -2.87. The zero-order valence-corrected chi connectivity index (χ0v) is 12.4. The molecular formula is C15H11BrF2N2O. The Bertz CT molecular complexity index is 671. The maximum Gasteiger partial charge on any atom is 0.387 e. The zero-order valence-electron chi connectivity index (χ0n) is 10.8. The maximum atomic E-state index is 12.4. The summed E-state index contributed by atoms with van der Waals surface area (Å²) in [7, 11) is 0. The largest absolute Gasteiger partial charge is 0.434 e. The Morgan fingerprint density at radius 3 is 2.76 bits per heavy atom. The van der Waals surface area contributed by atoms with Gasteiger partial charge in [-0.1, -0.05) is 22.0 Å². The first-order chi connectivity index (χ1) is 10.1. The highest BCUT2D eigenvalue weighted by molar-refractivity contribution is 9.10. The van der Waals surface area contributed by atoms with Gasteiger partial charge in [-0.2, -0.15) is 14.0 Å². The molecule has 0 aliphatic rings. The number of ether oxygens (including phenoxy) is 1. The van der Waals surface area contributed by atoms with Crippen LogP contribution in [0.15, 0.2) is 46.9 Å². The maximum absolute atomic E-state index is 12.4. The van der Waals surface area contributed by atoms with E-state index in [0.29, 0.717) is 17.7 Å². The standard InChI is InChI=1S/C15H11BrF2N2O/c16-12-4-5-14(21-15(17)18)11(7-12)9-20-13-3-1-2-10(6-13)8-19/h1-7,15,20H,9H2. The smallest absolute Gasteiger partial charge is 0.387 e. The Morgan fingerprint density at radius 2 is 2.05 bits per heavy atom. The van der Waals surface area contributed by atoms with Crippen LogP contribution in [-0.4, -0.2) is 6.61 Å². The van der Waals surface area contributed by atoms with Crippen molar-refractivity contribution < 1.29 is 13.5 Å². The Morgan fingerprint density at radius 1 is 1.24 bits per heavy atom. The fourth-order valence-corrected chi connectivity index (χ4v) is 2.20. The van der Waals surface area contributed by atoms with Crippen molar-refractivity contribution in [2.45, 2.75) is 13.2 Å². The summed E-state index contributed by atoms with van der Waals surface area (Å²) in [5.74, 6) is 0.122. The quantitative estimate of drug-likeness (QED) is 0.859. The molecule has 0 spiro atoms. The molecule has 0 fully saturated rings. The SMILES string of the molecule is N#Cc1cccc(NCc2cc(Br)ccc2OC(F)F)c1. The molecule has 0 aliphatic heterocycles. The van der Waals surface area contributed by atoms with Crippen LogP contribution in [-0.2, 0) is 6.54 Å². The summed E-state index contributed by atoms with van der Waals surface area (Å²) in [5.41, 5.74) is 1.85. The molecule has 108 valence electrons. The second kappa shape index (κ2) is 7.04. The molecule has 0 bridgehead atoms. The number of hydrogen-bond acceptors (Lipinski definition) is 3.